The Morgan fingerprint density at radius 1 is 1.32 bits per heavy atom. The molecule has 2 aliphatic rings. The number of nitrogens with one attached hydrogen (secondary N) is 1. The fourth-order valence-electron chi connectivity index (χ4n) is 2.78. The van der Waals surface area contributed by atoms with Gasteiger partial charge in [0.05, 0.1) is 13.2 Å². The molecule has 0 aromatic heterocycles. The molecule has 0 aromatic rings. The van der Waals surface area contributed by atoms with E-state index in [4.69, 9.17) is 9.84 Å². The summed E-state index contributed by atoms with van der Waals surface area (Å²) in [5.74, 6) is -0.264. The quantitative estimate of drug-likeness (QED) is 0.800. The lowest BCUT2D eigenvalue weighted by Crippen LogP contribution is -2.51. The fourth-order valence-corrected chi connectivity index (χ4v) is 2.78. The van der Waals surface area contributed by atoms with Gasteiger partial charge >= 0.3 is 12.0 Å². The molecule has 1 unspecified atom stereocenters. The van der Waals surface area contributed by atoms with Crippen molar-refractivity contribution in [2.75, 3.05) is 26.2 Å². The van der Waals surface area contributed by atoms with E-state index in [9.17, 15) is 9.59 Å². The molecule has 1 saturated heterocycles. The molecule has 2 N–H and O–H groups in total. The Hall–Kier alpha value is -1.30. The lowest BCUT2D eigenvalue weighted by atomic mass is 10.0. The third-order valence-electron chi connectivity index (χ3n) is 3.93. The summed E-state index contributed by atoms with van der Waals surface area (Å²) in [4.78, 5) is 24.3. The first-order valence-electron chi connectivity index (χ1n) is 7.04. The highest BCUT2D eigenvalue weighted by Gasteiger charge is 2.28. The average Bonchev–Trinajstić information content (AvgIpc) is 2.92. The molecule has 0 aromatic carbocycles. The Balaban J connectivity index is 1.68. The molecule has 1 aliphatic carbocycles. The normalized spacial score (nSPS) is 24.4. The highest BCUT2D eigenvalue weighted by Crippen LogP contribution is 2.26. The number of carboxylic acid groups (broad SMARTS) is 1. The highest BCUT2D eigenvalue weighted by atomic mass is 16.5. The third-order valence-corrected chi connectivity index (χ3v) is 3.93. The summed E-state index contributed by atoms with van der Waals surface area (Å²) in [5.41, 5.74) is 0. The first kappa shape index (κ1) is 14.1. The number of morpholine rings is 1. The summed E-state index contributed by atoms with van der Waals surface area (Å²) < 4.78 is 5.08. The summed E-state index contributed by atoms with van der Waals surface area (Å²) in [6, 6.07) is -0.174. The Morgan fingerprint density at radius 3 is 2.74 bits per heavy atom. The van der Waals surface area contributed by atoms with Gasteiger partial charge in [-0.1, -0.05) is 25.7 Å². The molecule has 1 heterocycles. The van der Waals surface area contributed by atoms with Crippen LogP contribution in [0.4, 0.5) is 4.79 Å². The van der Waals surface area contributed by atoms with E-state index in [0.717, 1.165) is 12.3 Å². The van der Waals surface area contributed by atoms with Gasteiger partial charge in [0.25, 0.3) is 0 Å². The molecule has 0 radical (unpaired) electrons. The number of nitrogens with zero attached hydrogens (tertiary/aromatic N) is 1. The summed E-state index contributed by atoms with van der Waals surface area (Å²) >= 11 is 0. The van der Waals surface area contributed by atoms with E-state index in [1.165, 1.54) is 30.6 Å². The van der Waals surface area contributed by atoms with E-state index in [-0.39, 0.29) is 19.2 Å². The number of carbonyl (C=O) groups is 2. The van der Waals surface area contributed by atoms with Gasteiger partial charge in [0.2, 0.25) is 0 Å². The molecule has 6 nitrogen and oxygen atoms in total. The van der Waals surface area contributed by atoms with E-state index < -0.39 is 12.1 Å². The second kappa shape index (κ2) is 6.75. The monoisotopic (exact) mass is 270 g/mol. The van der Waals surface area contributed by atoms with E-state index >= 15 is 0 Å². The third kappa shape index (κ3) is 4.09. The van der Waals surface area contributed by atoms with Crippen LogP contribution in [-0.4, -0.2) is 54.4 Å². The molecule has 2 fully saturated rings. The van der Waals surface area contributed by atoms with Crippen molar-refractivity contribution in [3.8, 4) is 0 Å². The van der Waals surface area contributed by atoms with Crippen LogP contribution in [0.5, 0.6) is 0 Å². The summed E-state index contributed by atoms with van der Waals surface area (Å²) in [6.45, 7) is 1.55. The Labute approximate surface area is 113 Å². The predicted molar refractivity (Wildman–Crippen MR) is 68.9 cm³/mol. The van der Waals surface area contributed by atoms with Gasteiger partial charge in [0.1, 0.15) is 0 Å². The highest BCUT2D eigenvalue weighted by molar-refractivity contribution is 5.77. The van der Waals surface area contributed by atoms with E-state index in [0.29, 0.717) is 13.1 Å². The summed E-state index contributed by atoms with van der Waals surface area (Å²) in [6.07, 6.45) is 5.29. The van der Waals surface area contributed by atoms with Crippen molar-refractivity contribution in [2.24, 2.45) is 5.92 Å². The molecular formula is C13H22N2O4. The molecule has 1 atom stereocenters. The van der Waals surface area contributed by atoms with Gasteiger partial charge < -0.3 is 20.1 Å². The molecule has 6 heteroatoms. The molecule has 1 aliphatic heterocycles. The average molecular weight is 270 g/mol. The maximum Gasteiger partial charge on any atom is 0.334 e. The number of ether oxygens (including phenoxy) is 1. The molecule has 0 bridgehead atoms. The number of hydrogen-bond donors (Lipinski definition) is 2. The second-order valence-electron chi connectivity index (χ2n) is 5.31. The minimum atomic E-state index is -1.01. The van der Waals surface area contributed by atoms with Gasteiger partial charge in [-0.15, -0.1) is 0 Å². The van der Waals surface area contributed by atoms with Crippen molar-refractivity contribution >= 4 is 12.0 Å². The summed E-state index contributed by atoms with van der Waals surface area (Å²) in [5, 5.41) is 11.8. The fraction of sp³-hybridized carbons (Fsp3) is 0.846. The van der Waals surface area contributed by atoms with Crippen molar-refractivity contribution in [1.29, 1.82) is 0 Å². The minimum absolute atomic E-state index is 0.130. The Kier molecular flexibility index (Phi) is 5.01. The topological polar surface area (TPSA) is 78.9 Å². The number of hydrogen-bond acceptors (Lipinski definition) is 3. The van der Waals surface area contributed by atoms with Crippen LogP contribution in [0.1, 0.15) is 32.1 Å². The van der Waals surface area contributed by atoms with E-state index in [2.05, 4.69) is 5.32 Å². The lowest BCUT2D eigenvalue weighted by molar-refractivity contribution is -0.154. The lowest BCUT2D eigenvalue weighted by Gasteiger charge is -2.31. The molecule has 1 saturated carbocycles. The predicted octanol–water partition coefficient (Wildman–Crippen LogP) is 1.06. The van der Waals surface area contributed by atoms with Gasteiger partial charge in [0, 0.05) is 13.1 Å². The number of rotatable bonds is 4. The number of carbonyl (C=O) groups excluding carboxylic acids is 1. The zero-order valence-electron chi connectivity index (χ0n) is 11.1. The first-order chi connectivity index (χ1) is 9.16. The SMILES string of the molecule is O=C(O)C1CN(C(=O)NCCC2CCCC2)CCO1. The van der Waals surface area contributed by atoms with Crippen LogP contribution in [0, 0.1) is 5.92 Å². The van der Waals surface area contributed by atoms with Gasteiger partial charge in [0.15, 0.2) is 6.10 Å². The molecular weight excluding hydrogens is 248 g/mol. The van der Waals surface area contributed by atoms with Crippen LogP contribution >= 0.6 is 0 Å². The van der Waals surface area contributed by atoms with Gasteiger partial charge in [-0.3, -0.25) is 0 Å². The van der Waals surface area contributed by atoms with Gasteiger partial charge in [-0.05, 0) is 12.3 Å². The van der Waals surface area contributed by atoms with Crippen LogP contribution in [-0.2, 0) is 9.53 Å². The molecule has 0 spiro atoms. The van der Waals surface area contributed by atoms with Gasteiger partial charge in [-0.25, -0.2) is 9.59 Å². The zero-order valence-corrected chi connectivity index (χ0v) is 11.1. The maximum atomic E-state index is 11.9. The number of aliphatic carboxylic acids is 1. The van der Waals surface area contributed by atoms with Crippen molar-refractivity contribution < 1.29 is 19.4 Å². The van der Waals surface area contributed by atoms with E-state index in [1.54, 1.807) is 0 Å². The molecule has 2 amide bonds. The molecule has 2 rings (SSSR count). The standard InChI is InChI=1S/C13H22N2O4/c16-12(17)11-9-15(7-8-19-11)13(18)14-6-5-10-3-1-2-4-10/h10-11H,1-9H2,(H,14,18)(H,16,17). The van der Waals surface area contributed by atoms with Crippen molar-refractivity contribution in [3.05, 3.63) is 0 Å². The van der Waals surface area contributed by atoms with Crippen LogP contribution in [0.3, 0.4) is 0 Å². The summed E-state index contributed by atoms with van der Waals surface area (Å²) in [7, 11) is 0. The molecule has 108 valence electrons. The minimum Gasteiger partial charge on any atom is -0.479 e. The van der Waals surface area contributed by atoms with Crippen LogP contribution in [0.25, 0.3) is 0 Å². The first-order valence-corrected chi connectivity index (χ1v) is 7.04. The second-order valence-corrected chi connectivity index (χ2v) is 5.31. The van der Waals surface area contributed by atoms with Crippen LogP contribution in [0.15, 0.2) is 0 Å². The number of amides is 2. The maximum absolute atomic E-state index is 11.9. The Bertz CT molecular complexity index is 329. The zero-order chi connectivity index (χ0) is 13.7. The van der Waals surface area contributed by atoms with Crippen LogP contribution < -0.4 is 5.32 Å². The van der Waals surface area contributed by atoms with E-state index in [1.807, 2.05) is 0 Å². The van der Waals surface area contributed by atoms with Crippen LogP contribution in [0.2, 0.25) is 0 Å². The van der Waals surface area contributed by atoms with Crippen molar-refractivity contribution in [2.45, 2.75) is 38.2 Å². The van der Waals surface area contributed by atoms with Gasteiger partial charge in [-0.2, -0.15) is 0 Å². The largest absolute Gasteiger partial charge is 0.479 e. The smallest absolute Gasteiger partial charge is 0.334 e. The Morgan fingerprint density at radius 2 is 2.05 bits per heavy atom. The number of carboxylic acids is 1. The van der Waals surface area contributed by atoms with Crippen molar-refractivity contribution in [3.63, 3.8) is 0 Å². The number of urea groups is 1. The van der Waals surface area contributed by atoms with Crippen molar-refractivity contribution in [1.82, 2.24) is 10.2 Å². The molecule has 19 heavy (non-hydrogen) atoms.